The first-order chi connectivity index (χ1) is 9.08. The Balaban J connectivity index is 1.62. The summed E-state index contributed by atoms with van der Waals surface area (Å²) in [5, 5.41) is 10.4. The van der Waals surface area contributed by atoms with E-state index < -0.39 is 17.7 Å². The molecule has 0 aliphatic heterocycles. The third kappa shape index (κ3) is 1.65. The van der Waals surface area contributed by atoms with Crippen LogP contribution in [0.25, 0.3) is 0 Å². The quantitative estimate of drug-likeness (QED) is 0.812. The van der Waals surface area contributed by atoms with E-state index in [9.17, 15) is 13.9 Å². The molecule has 0 aromatic heterocycles. The van der Waals surface area contributed by atoms with Crippen LogP contribution >= 0.6 is 15.9 Å². The Kier molecular flexibility index (Phi) is 2.59. The molecule has 3 aliphatic rings. The molecule has 102 valence electrons. The highest BCUT2D eigenvalue weighted by Crippen LogP contribution is 2.72. The number of aliphatic hydroxyl groups is 1. The van der Waals surface area contributed by atoms with Crippen molar-refractivity contribution in [1.82, 2.24) is 0 Å². The average Bonchev–Trinajstić information content (AvgIpc) is 2.81. The second-order valence-corrected chi connectivity index (χ2v) is 7.15. The molecular formula is C15H15BrF2O. The van der Waals surface area contributed by atoms with Gasteiger partial charge >= 0.3 is 0 Å². The smallest absolute Gasteiger partial charge is 0.137 e. The monoisotopic (exact) mass is 328 g/mol. The predicted molar refractivity (Wildman–Crippen MR) is 70.3 cm³/mol. The van der Waals surface area contributed by atoms with Crippen molar-refractivity contribution in [3.8, 4) is 0 Å². The van der Waals surface area contributed by atoms with Crippen molar-refractivity contribution in [3.63, 3.8) is 0 Å². The van der Waals surface area contributed by atoms with Crippen molar-refractivity contribution >= 4 is 15.9 Å². The first-order valence-corrected chi connectivity index (χ1v) is 7.69. The Morgan fingerprint density at radius 3 is 2.37 bits per heavy atom. The zero-order valence-electron chi connectivity index (χ0n) is 10.3. The van der Waals surface area contributed by atoms with Crippen LogP contribution in [0, 0.1) is 41.2 Å². The lowest BCUT2D eigenvalue weighted by atomic mass is 9.94. The van der Waals surface area contributed by atoms with E-state index in [1.165, 1.54) is 19.3 Å². The molecule has 5 unspecified atom stereocenters. The molecule has 0 radical (unpaired) electrons. The van der Waals surface area contributed by atoms with Gasteiger partial charge in [-0.25, -0.2) is 8.78 Å². The summed E-state index contributed by atoms with van der Waals surface area (Å²) in [7, 11) is 0. The van der Waals surface area contributed by atoms with Crippen molar-refractivity contribution in [2.45, 2.75) is 25.4 Å². The lowest BCUT2D eigenvalue weighted by Gasteiger charge is -2.16. The second kappa shape index (κ2) is 4.01. The third-order valence-electron chi connectivity index (χ3n) is 5.52. The normalized spacial score (nSPS) is 40.3. The van der Waals surface area contributed by atoms with E-state index in [1.807, 2.05) is 0 Å². The van der Waals surface area contributed by atoms with Crippen LogP contribution in [0.2, 0.25) is 0 Å². The van der Waals surface area contributed by atoms with Gasteiger partial charge in [0.1, 0.15) is 11.6 Å². The van der Waals surface area contributed by atoms with Crippen LogP contribution in [0.5, 0.6) is 0 Å². The van der Waals surface area contributed by atoms with Gasteiger partial charge in [-0.1, -0.05) is 0 Å². The lowest BCUT2D eigenvalue weighted by molar-refractivity contribution is 0.125. The zero-order valence-corrected chi connectivity index (χ0v) is 11.9. The van der Waals surface area contributed by atoms with Gasteiger partial charge in [-0.3, -0.25) is 0 Å². The molecule has 0 saturated heterocycles. The maximum absolute atomic E-state index is 13.9. The molecule has 0 amide bonds. The molecule has 1 aromatic carbocycles. The topological polar surface area (TPSA) is 20.2 Å². The average molecular weight is 329 g/mol. The standard InChI is InChI=1S/C15H15BrF2O/c16-9-5-10(17)8(4-11(9)18)15(19)14-12-6-1-2-7(3-6)13(12)14/h4-7,12-15,19H,1-3H2. The number of aliphatic hydroxyl groups excluding tert-OH is 1. The first kappa shape index (κ1) is 12.3. The van der Waals surface area contributed by atoms with Crippen molar-refractivity contribution in [2.24, 2.45) is 29.6 Å². The Bertz CT molecular complexity index is 531. The lowest BCUT2D eigenvalue weighted by Crippen LogP contribution is -2.10. The third-order valence-corrected chi connectivity index (χ3v) is 6.13. The van der Waals surface area contributed by atoms with Gasteiger partial charge in [-0.05, 0) is 76.9 Å². The molecule has 2 bridgehead atoms. The van der Waals surface area contributed by atoms with Gasteiger partial charge in [0, 0.05) is 5.56 Å². The molecular weight excluding hydrogens is 314 g/mol. The number of rotatable bonds is 2. The molecule has 4 rings (SSSR count). The highest BCUT2D eigenvalue weighted by Gasteiger charge is 2.66. The van der Waals surface area contributed by atoms with Crippen LogP contribution in [-0.4, -0.2) is 5.11 Å². The maximum Gasteiger partial charge on any atom is 0.137 e. The Hall–Kier alpha value is -0.480. The minimum atomic E-state index is -0.846. The summed E-state index contributed by atoms with van der Waals surface area (Å²) in [6.07, 6.45) is 2.95. The van der Waals surface area contributed by atoms with Gasteiger partial charge < -0.3 is 5.11 Å². The van der Waals surface area contributed by atoms with Gasteiger partial charge in [0.15, 0.2) is 0 Å². The fourth-order valence-corrected chi connectivity index (χ4v) is 5.10. The van der Waals surface area contributed by atoms with Crippen molar-refractivity contribution in [3.05, 3.63) is 33.8 Å². The molecule has 3 fully saturated rings. The van der Waals surface area contributed by atoms with Crippen LogP contribution in [0.1, 0.15) is 30.9 Å². The van der Waals surface area contributed by atoms with E-state index in [1.54, 1.807) is 0 Å². The first-order valence-electron chi connectivity index (χ1n) is 6.90. The van der Waals surface area contributed by atoms with Crippen LogP contribution in [-0.2, 0) is 0 Å². The molecule has 0 spiro atoms. The summed E-state index contributed by atoms with van der Waals surface area (Å²) >= 11 is 2.96. The number of halogens is 3. The van der Waals surface area contributed by atoms with E-state index in [0.717, 1.165) is 24.0 Å². The van der Waals surface area contributed by atoms with Crippen LogP contribution in [0.15, 0.2) is 16.6 Å². The zero-order chi connectivity index (χ0) is 13.3. The summed E-state index contributed by atoms with van der Waals surface area (Å²) in [5.74, 6) is 1.68. The van der Waals surface area contributed by atoms with Gasteiger partial charge in [-0.2, -0.15) is 0 Å². The van der Waals surface area contributed by atoms with Gasteiger partial charge in [0.2, 0.25) is 0 Å². The van der Waals surface area contributed by atoms with Crippen LogP contribution in [0.3, 0.4) is 0 Å². The molecule has 1 nitrogen and oxygen atoms in total. The van der Waals surface area contributed by atoms with Crippen molar-refractivity contribution < 1.29 is 13.9 Å². The van der Waals surface area contributed by atoms with Gasteiger partial charge in [0.25, 0.3) is 0 Å². The predicted octanol–water partition coefficient (Wildman–Crippen LogP) is 4.05. The summed E-state index contributed by atoms with van der Waals surface area (Å²) < 4.78 is 27.5. The number of hydrogen-bond acceptors (Lipinski definition) is 1. The molecule has 1 aromatic rings. The van der Waals surface area contributed by atoms with Crippen molar-refractivity contribution in [1.29, 1.82) is 0 Å². The summed E-state index contributed by atoms with van der Waals surface area (Å²) in [6.45, 7) is 0. The van der Waals surface area contributed by atoms with E-state index in [-0.39, 0.29) is 16.0 Å². The maximum atomic E-state index is 13.9. The van der Waals surface area contributed by atoms with Gasteiger partial charge in [0.05, 0.1) is 10.6 Å². The van der Waals surface area contributed by atoms with E-state index >= 15 is 0 Å². The molecule has 5 atom stereocenters. The Morgan fingerprint density at radius 2 is 1.74 bits per heavy atom. The van der Waals surface area contributed by atoms with E-state index in [0.29, 0.717) is 11.8 Å². The second-order valence-electron chi connectivity index (χ2n) is 6.30. The largest absolute Gasteiger partial charge is 0.388 e. The highest BCUT2D eigenvalue weighted by molar-refractivity contribution is 9.10. The van der Waals surface area contributed by atoms with Crippen LogP contribution in [0.4, 0.5) is 8.78 Å². The van der Waals surface area contributed by atoms with Crippen LogP contribution < -0.4 is 0 Å². The minimum Gasteiger partial charge on any atom is -0.388 e. The van der Waals surface area contributed by atoms with Crippen molar-refractivity contribution in [2.75, 3.05) is 0 Å². The molecule has 3 aliphatic carbocycles. The number of benzene rings is 1. The summed E-state index contributed by atoms with van der Waals surface area (Å²) in [4.78, 5) is 0. The Morgan fingerprint density at radius 1 is 1.11 bits per heavy atom. The van der Waals surface area contributed by atoms with Gasteiger partial charge in [-0.15, -0.1) is 0 Å². The number of hydrogen-bond donors (Lipinski definition) is 1. The summed E-state index contributed by atoms with van der Waals surface area (Å²) in [5.41, 5.74) is 0.125. The minimum absolute atomic E-state index is 0.108. The highest BCUT2D eigenvalue weighted by atomic mass is 79.9. The number of fused-ring (bicyclic) bond motifs is 5. The summed E-state index contributed by atoms with van der Waals surface area (Å²) in [6, 6.07) is 2.25. The van der Waals surface area contributed by atoms with E-state index in [2.05, 4.69) is 15.9 Å². The fourth-order valence-electron chi connectivity index (χ4n) is 4.79. The van der Waals surface area contributed by atoms with E-state index in [4.69, 9.17) is 0 Å². The Labute approximate surface area is 119 Å². The molecule has 0 heterocycles. The molecule has 3 saturated carbocycles. The SMILES string of the molecule is OC(c1cc(F)c(Br)cc1F)C1C2C3CCC(C3)C21. The fraction of sp³-hybridized carbons (Fsp3) is 0.600. The molecule has 4 heteroatoms. The molecule has 1 N–H and O–H groups in total. The molecule has 19 heavy (non-hydrogen) atoms.